The number of aryl methyl sites for hydroxylation is 1. The van der Waals surface area contributed by atoms with Crippen molar-refractivity contribution in [3.8, 4) is 0 Å². The monoisotopic (exact) mass is 339 g/mol. The molecule has 0 amide bonds. The Morgan fingerprint density at radius 2 is 2.21 bits per heavy atom. The van der Waals surface area contributed by atoms with E-state index in [-0.39, 0.29) is 24.2 Å². The van der Waals surface area contributed by atoms with Gasteiger partial charge in [-0.25, -0.2) is 19.0 Å². The van der Waals surface area contributed by atoms with E-state index < -0.39 is 29.7 Å². The Balaban J connectivity index is 2.22. The summed E-state index contributed by atoms with van der Waals surface area (Å²) in [6.45, 7) is 2.05. The average Bonchev–Trinajstić information content (AvgIpc) is 3.06. The van der Waals surface area contributed by atoms with Gasteiger partial charge < -0.3 is 20.8 Å². The van der Waals surface area contributed by atoms with E-state index in [1.165, 1.54) is 9.13 Å². The minimum atomic E-state index is -0.999. The van der Waals surface area contributed by atoms with Gasteiger partial charge in [0.05, 0.1) is 12.7 Å². The number of hydrogen-bond acceptors (Lipinski definition) is 7. The summed E-state index contributed by atoms with van der Waals surface area (Å²) in [5, 5.41) is 19.4. The lowest BCUT2D eigenvalue weighted by Crippen LogP contribution is -2.32. The number of nitrogens with two attached hydrogens (primary N) is 1. The summed E-state index contributed by atoms with van der Waals surface area (Å²) in [5.74, 6) is 5.57. The molecule has 0 aromatic carbocycles. The van der Waals surface area contributed by atoms with Crippen molar-refractivity contribution in [2.24, 2.45) is 0 Å². The third kappa shape index (κ3) is 2.52. The van der Waals surface area contributed by atoms with E-state index in [2.05, 4.69) is 4.98 Å². The first kappa shape index (κ1) is 16.7. The predicted molar refractivity (Wildman–Crippen MR) is 84.9 cm³/mol. The molecule has 0 bridgehead atoms. The van der Waals surface area contributed by atoms with Crippen LogP contribution in [0.4, 0.5) is 0 Å². The molecule has 0 spiro atoms. The van der Waals surface area contributed by atoms with Crippen molar-refractivity contribution in [1.82, 2.24) is 18.8 Å². The smallest absolute Gasteiger partial charge is 0.332 e. The van der Waals surface area contributed by atoms with Gasteiger partial charge in [0.25, 0.3) is 5.56 Å². The van der Waals surface area contributed by atoms with Crippen LogP contribution in [0.15, 0.2) is 15.9 Å². The van der Waals surface area contributed by atoms with Crippen LogP contribution in [-0.4, -0.2) is 47.8 Å². The Bertz CT molecular complexity index is 854. The second kappa shape index (κ2) is 6.38. The van der Waals surface area contributed by atoms with Crippen molar-refractivity contribution in [3.63, 3.8) is 0 Å². The van der Waals surface area contributed by atoms with Gasteiger partial charge in [0.2, 0.25) is 0 Å². The zero-order valence-electron chi connectivity index (χ0n) is 13.3. The molecule has 1 saturated heterocycles. The van der Waals surface area contributed by atoms with E-state index in [9.17, 15) is 19.8 Å². The molecule has 10 heteroatoms. The molecule has 1 aliphatic rings. The summed E-state index contributed by atoms with van der Waals surface area (Å²) >= 11 is 0. The van der Waals surface area contributed by atoms with Crippen molar-refractivity contribution >= 4 is 11.2 Å². The summed E-state index contributed by atoms with van der Waals surface area (Å²) in [5.41, 5.74) is -0.831. The number of nitrogens with zero attached hydrogens (tertiary/aromatic N) is 4. The molecule has 4 N–H and O–H groups in total. The first-order valence-corrected chi connectivity index (χ1v) is 7.91. The number of hydrogen-bond donors (Lipinski definition) is 3. The highest BCUT2D eigenvalue weighted by atomic mass is 16.5. The molecule has 3 heterocycles. The lowest BCUT2D eigenvalue weighted by Gasteiger charge is -2.15. The third-order valence-electron chi connectivity index (χ3n) is 4.25. The minimum Gasteiger partial charge on any atom is -0.394 e. The van der Waals surface area contributed by atoms with E-state index in [0.717, 1.165) is 17.4 Å². The van der Waals surface area contributed by atoms with Gasteiger partial charge in [-0.15, -0.1) is 0 Å². The molecule has 0 radical (unpaired) electrons. The molecular weight excluding hydrogens is 318 g/mol. The number of ether oxygens (including phenoxy) is 1. The van der Waals surface area contributed by atoms with Gasteiger partial charge in [0, 0.05) is 13.0 Å². The number of imidazole rings is 1. The number of rotatable bonds is 5. The van der Waals surface area contributed by atoms with E-state index in [1.807, 2.05) is 6.92 Å². The summed E-state index contributed by atoms with van der Waals surface area (Å²) < 4.78 is 8.86. The van der Waals surface area contributed by atoms with Crippen molar-refractivity contribution in [1.29, 1.82) is 0 Å². The van der Waals surface area contributed by atoms with Crippen LogP contribution in [0.1, 0.15) is 32.4 Å². The highest BCUT2D eigenvalue weighted by molar-refractivity contribution is 5.70. The van der Waals surface area contributed by atoms with E-state index in [0.29, 0.717) is 13.0 Å². The summed E-state index contributed by atoms with van der Waals surface area (Å²) in [6, 6.07) is 0. The molecule has 10 nitrogen and oxygen atoms in total. The Morgan fingerprint density at radius 1 is 1.46 bits per heavy atom. The summed E-state index contributed by atoms with van der Waals surface area (Å²) in [7, 11) is 0. The van der Waals surface area contributed by atoms with Gasteiger partial charge in [-0.1, -0.05) is 13.3 Å². The number of fused-ring (bicyclic) bond motifs is 1. The highest BCUT2D eigenvalue weighted by Crippen LogP contribution is 2.29. The largest absolute Gasteiger partial charge is 0.394 e. The zero-order chi connectivity index (χ0) is 17.4. The van der Waals surface area contributed by atoms with Crippen LogP contribution < -0.4 is 17.1 Å². The van der Waals surface area contributed by atoms with Crippen LogP contribution in [0.5, 0.6) is 0 Å². The van der Waals surface area contributed by atoms with E-state index in [1.54, 1.807) is 0 Å². The number of aliphatic hydroxyl groups excluding tert-OH is 2. The topological polar surface area (TPSA) is 138 Å². The molecule has 1 aliphatic heterocycles. The van der Waals surface area contributed by atoms with Crippen LogP contribution >= 0.6 is 0 Å². The van der Waals surface area contributed by atoms with E-state index in [4.69, 9.17) is 10.6 Å². The Labute approximate surface area is 136 Å². The minimum absolute atomic E-state index is 0.0849. The lowest BCUT2D eigenvalue weighted by molar-refractivity contribution is -0.0506. The maximum Gasteiger partial charge on any atom is 0.332 e. The molecule has 0 saturated carbocycles. The molecule has 3 atom stereocenters. The van der Waals surface area contributed by atoms with E-state index >= 15 is 0 Å². The second-order valence-electron chi connectivity index (χ2n) is 5.92. The van der Waals surface area contributed by atoms with Crippen molar-refractivity contribution < 1.29 is 14.9 Å². The Kier molecular flexibility index (Phi) is 4.43. The Hall–Kier alpha value is -2.17. The summed E-state index contributed by atoms with van der Waals surface area (Å²) in [6.07, 6.45) is 0.309. The number of nitrogen functional groups attached to an aromatic ring is 1. The number of unbranched alkanes of at least 4 members (excludes halogenated alkanes) is 1. The molecule has 132 valence electrons. The Morgan fingerprint density at radius 3 is 2.83 bits per heavy atom. The van der Waals surface area contributed by atoms with Crippen molar-refractivity contribution in [2.75, 3.05) is 12.4 Å². The van der Waals surface area contributed by atoms with Crippen LogP contribution in [0.3, 0.4) is 0 Å². The quantitative estimate of drug-likeness (QED) is 0.564. The molecule has 0 unspecified atom stereocenters. The van der Waals surface area contributed by atoms with Crippen molar-refractivity contribution in [2.45, 2.75) is 51.2 Å². The van der Waals surface area contributed by atoms with Gasteiger partial charge in [0.15, 0.2) is 17.4 Å². The molecule has 3 rings (SSSR count). The summed E-state index contributed by atoms with van der Waals surface area (Å²) in [4.78, 5) is 29.3. The normalized spacial score (nSPS) is 24.0. The van der Waals surface area contributed by atoms with Gasteiger partial charge in [-0.3, -0.25) is 9.36 Å². The number of aliphatic hydroxyl groups is 2. The maximum atomic E-state index is 12.8. The molecule has 1 fully saturated rings. The van der Waals surface area contributed by atoms with Crippen LogP contribution in [0.25, 0.3) is 11.2 Å². The highest BCUT2D eigenvalue weighted by Gasteiger charge is 2.38. The third-order valence-corrected chi connectivity index (χ3v) is 4.25. The molecule has 0 aliphatic carbocycles. The molecular formula is C14H21N5O5. The lowest BCUT2D eigenvalue weighted by atomic mass is 10.2. The zero-order valence-corrected chi connectivity index (χ0v) is 13.3. The van der Waals surface area contributed by atoms with Crippen LogP contribution in [0, 0.1) is 0 Å². The SMILES string of the molecule is CCCCn1c(=O)n([C@@H]2O[C@H](CO)C[C@H]2O)c2ncn(N)c(=O)c21. The first-order valence-electron chi connectivity index (χ1n) is 7.91. The van der Waals surface area contributed by atoms with Crippen LogP contribution in [0.2, 0.25) is 0 Å². The second-order valence-corrected chi connectivity index (χ2v) is 5.92. The number of aromatic nitrogens is 4. The van der Waals surface area contributed by atoms with Crippen LogP contribution in [-0.2, 0) is 11.3 Å². The van der Waals surface area contributed by atoms with Gasteiger partial charge >= 0.3 is 5.69 Å². The fraction of sp³-hybridized carbons (Fsp3) is 0.643. The van der Waals surface area contributed by atoms with Gasteiger partial charge in [-0.05, 0) is 6.42 Å². The average molecular weight is 339 g/mol. The molecule has 2 aromatic rings. The fourth-order valence-electron chi connectivity index (χ4n) is 3.01. The first-order chi connectivity index (χ1) is 11.5. The predicted octanol–water partition coefficient (Wildman–Crippen LogP) is -1.49. The fourth-order valence-corrected chi connectivity index (χ4v) is 3.01. The van der Waals surface area contributed by atoms with Gasteiger partial charge in [-0.2, -0.15) is 0 Å². The molecule has 2 aromatic heterocycles. The standard InChI is InChI=1S/C14H21N5O5/c1-2-3-4-17-10-11(16-7-18(15)12(10)22)19(14(17)23)13-9(21)5-8(6-20)24-13/h7-9,13,20-21H,2-6,15H2,1H3/t8-,9+,13+/m0/s1. The van der Waals surface area contributed by atoms with Crippen molar-refractivity contribution in [3.05, 3.63) is 27.2 Å². The van der Waals surface area contributed by atoms with Gasteiger partial charge in [0.1, 0.15) is 12.4 Å². The maximum absolute atomic E-state index is 12.8. The molecule has 24 heavy (non-hydrogen) atoms.